The van der Waals surface area contributed by atoms with Gasteiger partial charge in [0, 0.05) is 35.0 Å². The highest BCUT2D eigenvalue weighted by Crippen LogP contribution is 2.35. The Hall–Kier alpha value is -3.26. The molecule has 0 aliphatic carbocycles. The molecule has 1 aromatic carbocycles. The van der Waals surface area contributed by atoms with E-state index < -0.39 is 5.63 Å². The molecule has 3 aromatic heterocycles. The third kappa shape index (κ3) is 4.07. The fraction of sp³-hybridized carbons (Fsp3) is 0.385. The SMILES string of the molecule is Cc1cc2oc(=O)cc(COC(=O)C3CCN(c4ncnc5sc(C)c(C)c45)CC3)c2cc1C. The summed E-state index contributed by atoms with van der Waals surface area (Å²) in [6.07, 6.45) is 3.02. The number of benzene rings is 1. The number of carbonyl (C=O) groups excluding carboxylic acids is 1. The molecule has 8 heteroatoms. The van der Waals surface area contributed by atoms with Gasteiger partial charge in [-0.2, -0.15) is 0 Å². The maximum atomic E-state index is 12.9. The maximum absolute atomic E-state index is 12.9. The van der Waals surface area contributed by atoms with E-state index in [-0.39, 0.29) is 18.5 Å². The van der Waals surface area contributed by atoms with Crippen LogP contribution in [0.1, 0.15) is 40.0 Å². The Morgan fingerprint density at radius 3 is 2.62 bits per heavy atom. The van der Waals surface area contributed by atoms with Crippen molar-refractivity contribution in [3.63, 3.8) is 0 Å². The van der Waals surface area contributed by atoms with E-state index in [1.165, 1.54) is 16.5 Å². The van der Waals surface area contributed by atoms with Crippen LogP contribution in [0.4, 0.5) is 5.82 Å². The predicted octanol–water partition coefficient (Wildman–Crippen LogP) is 4.99. The van der Waals surface area contributed by atoms with Crippen LogP contribution in [0.5, 0.6) is 0 Å². The highest BCUT2D eigenvalue weighted by Gasteiger charge is 2.28. The number of hydrogen-bond acceptors (Lipinski definition) is 8. The Morgan fingerprint density at radius 1 is 1.12 bits per heavy atom. The molecular formula is C26H27N3O4S. The van der Waals surface area contributed by atoms with Crippen LogP contribution >= 0.6 is 11.3 Å². The molecule has 5 rings (SSSR count). The molecule has 0 spiro atoms. The molecular weight excluding hydrogens is 450 g/mol. The highest BCUT2D eigenvalue weighted by molar-refractivity contribution is 7.18. The second-order valence-corrected chi connectivity index (χ2v) is 10.3. The predicted molar refractivity (Wildman–Crippen MR) is 134 cm³/mol. The topological polar surface area (TPSA) is 85.5 Å². The minimum absolute atomic E-state index is 0.0591. The third-order valence-corrected chi connectivity index (χ3v) is 8.00. The van der Waals surface area contributed by atoms with Crippen molar-refractivity contribution in [2.24, 2.45) is 5.92 Å². The summed E-state index contributed by atoms with van der Waals surface area (Å²) in [4.78, 5) is 38.4. The van der Waals surface area contributed by atoms with Gasteiger partial charge in [-0.3, -0.25) is 4.79 Å². The second-order valence-electron chi connectivity index (χ2n) is 9.05. The summed E-state index contributed by atoms with van der Waals surface area (Å²) >= 11 is 1.69. The van der Waals surface area contributed by atoms with Gasteiger partial charge < -0.3 is 14.1 Å². The molecule has 0 saturated carbocycles. The van der Waals surface area contributed by atoms with Crippen LogP contribution in [0.3, 0.4) is 0 Å². The van der Waals surface area contributed by atoms with E-state index in [0.29, 0.717) is 24.0 Å². The lowest BCUT2D eigenvalue weighted by atomic mass is 9.96. The summed E-state index contributed by atoms with van der Waals surface area (Å²) in [5.74, 6) is 0.557. The van der Waals surface area contributed by atoms with Gasteiger partial charge in [0.05, 0.1) is 11.3 Å². The third-order valence-electron chi connectivity index (χ3n) is 6.89. The first-order valence-electron chi connectivity index (χ1n) is 11.5. The molecule has 7 nitrogen and oxygen atoms in total. The Bertz CT molecular complexity index is 1460. The average Bonchev–Trinajstić information content (AvgIpc) is 3.12. The molecule has 1 aliphatic rings. The minimum atomic E-state index is -0.440. The van der Waals surface area contributed by atoms with Gasteiger partial charge in [-0.15, -0.1) is 11.3 Å². The van der Waals surface area contributed by atoms with Crippen molar-refractivity contribution < 1.29 is 13.9 Å². The number of ether oxygens (including phenoxy) is 1. The van der Waals surface area contributed by atoms with Crippen LogP contribution < -0.4 is 10.5 Å². The normalized spacial score (nSPS) is 14.8. The molecule has 0 unspecified atom stereocenters. The second kappa shape index (κ2) is 8.83. The number of thiophene rings is 1. The van der Waals surface area contributed by atoms with Crippen LogP contribution in [0, 0.1) is 33.6 Å². The van der Waals surface area contributed by atoms with Crippen molar-refractivity contribution in [2.45, 2.75) is 47.1 Å². The summed E-state index contributed by atoms with van der Waals surface area (Å²) in [5.41, 5.74) is 4.12. The standard InChI is InChI=1S/C26H27N3O4S/c1-14-9-20-19(11-22(30)33-21(20)10-15(14)2)12-32-26(31)18-5-7-29(8-6-18)24-23-16(3)17(4)34-25(23)28-13-27-24/h9-11,13,18H,5-8,12H2,1-4H3. The molecule has 1 fully saturated rings. The summed E-state index contributed by atoms with van der Waals surface area (Å²) in [6, 6.07) is 5.25. The zero-order chi connectivity index (χ0) is 24.0. The molecule has 0 atom stereocenters. The minimum Gasteiger partial charge on any atom is -0.461 e. The first-order valence-corrected chi connectivity index (χ1v) is 12.3. The van der Waals surface area contributed by atoms with Crippen molar-refractivity contribution in [1.82, 2.24) is 9.97 Å². The Labute approximate surface area is 201 Å². The summed E-state index contributed by atoms with van der Waals surface area (Å²) in [6.45, 7) is 9.73. The van der Waals surface area contributed by atoms with Crippen molar-refractivity contribution >= 4 is 44.3 Å². The lowest BCUT2D eigenvalue weighted by molar-refractivity contribution is -0.150. The first kappa shape index (κ1) is 22.5. The van der Waals surface area contributed by atoms with E-state index >= 15 is 0 Å². The molecule has 4 aromatic rings. The monoisotopic (exact) mass is 477 g/mol. The maximum Gasteiger partial charge on any atom is 0.336 e. The van der Waals surface area contributed by atoms with Gasteiger partial charge in [0.2, 0.25) is 0 Å². The Balaban J connectivity index is 1.27. The van der Waals surface area contributed by atoms with Crippen molar-refractivity contribution in [1.29, 1.82) is 0 Å². The fourth-order valence-corrected chi connectivity index (χ4v) is 5.59. The zero-order valence-corrected chi connectivity index (χ0v) is 20.6. The lowest BCUT2D eigenvalue weighted by Crippen LogP contribution is -2.37. The van der Waals surface area contributed by atoms with Crippen LogP contribution in [0.15, 0.2) is 33.7 Å². The van der Waals surface area contributed by atoms with Crippen LogP contribution in [0.2, 0.25) is 0 Å². The Morgan fingerprint density at radius 2 is 1.85 bits per heavy atom. The number of esters is 1. The molecule has 0 N–H and O–H groups in total. The van der Waals surface area contributed by atoms with Gasteiger partial charge in [-0.05, 0) is 69.4 Å². The first-order chi connectivity index (χ1) is 16.3. The lowest BCUT2D eigenvalue weighted by Gasteiger charge is -2.32. The molecule has 0 amide bonds. The molecule has 4 heterocycles. The van der Waals surface area contributed by atoms with E-state index in [1.54, 1.807) is 17.7 Å². The number of hydrogen-bond donors (Lipinski definition) is 0. The molecule has 176 valence electrons. The number of piperidine rings is 1. The van der Waals surface area contributed by atoms with Gasteiger partial charge in [-0.25, -0.2) is 14.8 Å². The van der Waals surface area contributed by atoms with Crippen molar-refractivity contribution in [3.8, 4) is 0 Å². The van der Waals surface area contributed by atoms with Crippen LogP contribution in [-0.4, -0.2) is 29.0 Å². The number of aryl methyl sites for hydroxylation is 4. The molecule has 1 saturated heterocycles. The van der Waals surface area contributed by atoms with E-state index in [1.807, 2.05) is 26.0 Å². The van der Waals surface area contributed by atoms with E-state index in [2.05, 4.69) is 28.7 Å². The summed E-state index contributed by atoms with van der Waals surface area (Å²) < 4.78 is 11.0. The molecule has 0 bridgehead atoms. The Kier molecular flexibility index (Phi) is 5.85. The van der Waals surface area contributed by atoms with Crippen LogP contribution in [0.25, 0.3) is 21.2 Å². The van der Waals surface area contributed by atoms with Crippen molar-refractivity contribution in [2.75, 3.05) is 18.0 Å². The summed E-state index contributed by atoms with van der Waals surface area (Å²) in [7, 11) is 0. The molecule has 1 aliphatic heterocycles. The highest BCUT2D eigenvalue weighted by atomic mass is 32.1. The number of carbonyl (C=O) groups is 1. The van der Waals surface area contributed by atoms with E-state index in [4.69, 9.17) is 9.15 Å². The quantitative estimate of drug-likeness (QED) is 0.302. The molecule has 34 heavy (non-hydrogen) atoms. The smallest absolute Gasteiger partial charge is 0.336 e. The van der Waals surface area contributed by atoms with E-state index in [9.17, 15) is 9.59 Å². The number of anilines is 1. The number of nitrogens with zero attached hydrogens (tertiary/aromatic N) is 3. The van der Waals surface area contributed by atoms with Gasteiger partial charge >= 0.3 is 11.6 Å². The largest absolute Gasteiger partial charge is 0.461 e. The van der Waals surface area contributed by atoms with Gasteiger partial charge in [0.25, 0.3) is 0 Å². The summed E-state index contributed by atoms with van der Waals surface area (Å²) in [5, 5.41) is 1.92. The van der Waals surface area contributed by atoms with Gasteiger partial charge in [0.15, 0.2) is 0 Å². The number of fused-ring (bicyclic) bond motifs is 2. The van der Waals surface area contributed by atoms with Crippen molar-refractivity contribution in [3.05, 3.63) is 62.1 Å². The number of aromatic nitrogens is 2. The fourth-order valence-electron chi connectivity index (χ4n) is 4.60. The molecule has 0 radical (unpaired) electrons. The van der Waals surface area contributed by atoms with E-state index in [0.717, 1.165) is 45.6 Å². The van der Waals surface area contributed by atoms with Crippen LogP contribution in [-0.2, 0) is 16.1 Å². The average molecular weight is 478 g/mol. The zero-order valence-electron chi connectivity index (χ0n) is 19.8. The number of rotatable bonds is 4. The van der Waals surface area contributed by atoms with Gasteiger partial charge in [-0.1, -0.05) is 0 Å². The van der Waals surface area contributed by atoms with Gasteiger partial charge in [0.1, 0.15) is 29.2 Å².